The van der Waals surface area contributed by atoms with Crippen molar-refractivity contribution in [2.24, 2.45) is 5.92 Å². The zero-order chi connectivity index (χ0) is 13.5. The molecule has 0 bridgehead atoms. The number of thiol groups is 3. The molecule has 18 heavy (non-hydrogen) atoms. The quantitative estimate of drug-likeness (QED) is 0.582. The minimum Gasteiger partial charge on any atom is -0.179 e. The highest BCUT2D eigenvalue weighted by molar-refractivity contribution is 7.80. The van der Waals surface area contributed by atoms with E-state index >= 15 is 0 Å². The average molecular weight is 321 g/mol. The monoisotopic (exact) mass is 320 g/mol. The van der Waals surface area contributed by atoms with Gasteiger partial charge in [0.25, 0.3) is 0 Å². The number of rotatable bonds is 8. The molecular formula is C14H24S4. The highest BCUT2D eigenvalue weighted by atomic mass is 32.1. The first-order valence-electron chi connectivity index (χ1n) is 6.58. The molecule has 0 saturated carbocycles. The minimum absolute atomic E-state index is 0.718. The van der Waals surface area contributed by atoms with Crippen molar-refractivity contribution in [3.05, 3.63) is 20.9 Å². The van der Waals surface area contributed by atoms with E-state index in [0.717, 1.165) is 42.4 Å². The maximum atomic E-state index is 4.42. The first-order valence-corrected chi connectivity index (χ1v) is 9.30. The van der Waals surface area contributed by atoms with Gasteiger partial charge < -0.3 is 0 Å². The molecule has 0 spiro atoms. The van der Waals surface area contributed by atoms with Crippen molar-refractivity contribution in [3.63, 3.8) is 0 Å². The lowest BCUT2D eigenvalue weighted by Gasteiger charge is -2.08. The zero-order valence-corrected chi connectivity index (χ0v) is 14.8. The molecule has 0 atom stereocenters. The second-order valence-electron chi connectivity index (χ2n) is 4.92. The van der Waals surface area contributed by atoms with Gasteiger partial charge in [-0.3, -0.25) is 0 Å². The van der Waals surface area contributed by atoms with Gasteiger partial charge in [0.05, 0.1) is 0 Å². The minimum atomic E-state index is 0.718. The smallest absolute Gasteiger partial charge is 0.00914 e. The third-order valence-corrected chi connectivity index (χ3v) is 4.97. The Morgan fingerprint density at radius 3 is 1.78 bits per heavy atom. The average Bonchev–Trinajstić information content (AvgIpc) is 2.59. The SMILES string of the molecule is CC(C)Cc1sc(CCS)c(CCS)c1CCS. The molecule has 0 aliphatic heterocycles. The molecule has 1 aromatic heterocycles. The molecule has 0 saturated heterocycles. The fourth-order valence-corrected chi connectivity index (χ4v) is 4.69. The summed E-state index contributed by atoms with van der Waals surface area (Å²) in [6.07, 6.45) is 4.47. The second kappa shape index (κ2) is 8.83. The van der Waals surface area contributed by atoms with E-state index in [4.69, 9.17) is 0 Å². The highest BCUT2D eigenvalue weighted by Crippen LogP contribution is 2.32. The van der Waals surface area contributed by atoms with E-state index in [0.29, 0.717) is 0 Å². The summed E-state index contributed by atoms with van der Waals surface area (Å²) in [6, 6.07) is 0. The van der Waals surface area contributed by atoms with E-state index < -0.39 is 0 Å². The maximum absolute atomic E-state index is 4.42. The molecule has 0 N–H and O–H groups in total. The summed E-state index contributed by atoms with van der Waals surface area (Å²) in [7, 11) is 0. The van der Waals surface area contributed by atoms with Gasteiger partial charge in [-0.2, -0.15) is 37.9 Å². The topological polar surface area (TPSA) is 0 Å². The van der Waals surface area contributed by atoms with Gasteiger partial charge in [0.15, 0.2) is 0 Å². The van der Waals surface area contributed by atoms with Gasteiger partial charge in [-0.25, -0.2) is 0 Å². The first kappa shape index (κ1) is 16.8. The molecule has 4 heteroatoms. The van der Waals surface area contributed by atoms with Crippen LogP contribution in [-0.2, 0) is 25.7 Å². The van der Waals surface area contributed by atoms with Crippen LogP contribution in [0.2, 0.25) is 0 Å². The van der Waals surface area contributed by atoms with Crippen molar-refractivity contribution >= 4 is 49.2 Å². The van der Waals surface area contributed by atoms with Crippen LogP contribution in [0.4, 0.5) is 0 Å². The van der Waals surface area contributed by atoms with Crippen molar-refractivity contribution in [1.29, 1.82) is 0 Å². The van der Waals surface area contributed by atoms with Crippen molar-refractivity contribution in [2.75, 3.05) is 17.3 Å². The predicted octanol–water partition coefficient (Wildman–Crippen LogP) is 4.36. The van der Waals surface area contributed by atoms with Gasteiger partial charge in [-0.1, -0.05) is 13.8 Å². The third kappa shape index (κ3) is 4.69. The Labute approximate surface area is 132 Å². The van der Waals surface area contributed by atoms with Gasteiger partial charge in [0.1, 0.15) is 0 Å². The highest BCUT2D eigenvalue weighted by Gasteiger charge is 2.17. The maximum Gasteiger partial charge on any atom is 0.00914 e. The molecule has 0 radical (unpaired) electrons. The summed E-state index contributed by atoms with van der Waals surface area (Å²) >= 11 is 15.2. The van der Waals surface area contributed by atoms with E-state index in [-0.39, 0.29) is 0 Å². The molecule has 104 valence electrons. The molecule has 0 aliphatic rings. The van der Waals surface area contributed by atoms with E-state index in [1.165, 1.54) is 11.3 Å². The molecule has 0 amide bonds. The Kier molecular flexibility index (Phi) is 8.24. The Morgan fingerprint density at radius 2 is 1.33 bits per heavy atom. The predicted molar refractivity (Wildman–Crippen MR) is 95.5 cm³/mol. The normalized spacial score (nSPS) is 11.4. The zero-order valence-electron chi connectivity index (χ0n) is 11.3. The Morgan fingerprint density at radius 1 is 0.833 bits per heavy atom. The number of hydrogen-bond donors (Lipinski definition) is 3. The van der Waals surface area contributed by atoms with Crippen LogP contribution in [0.5, 0.6) is 0 Å². The van der Waals surface area contributed by atoms with Crippen molar-refractivity contribution in [2.45, 2.75) is 39.5 Å². The first-order chi connectivity index (χ1) is 8.63. The van der Waals surface area contributed by atoms with Crippen LogP contribution in [0.3, 0.4) is 0 Å². The van der Waals surface area contributed by atoms with Gasteiger partial charge in [-0.15, -0.1) is 11.3 Å². The van der Waals surface area contributed by atoms with Gasteiger partial charge >= 0.3 is 0 Å². The van der Waals surface area contributed by atoms with Crippen molar-refractivity contribution in [3.8, 4) is 0 Å². The fraction of sp³-hybridized carbons (Fsp3) is 0.714. The summed E-state index contributed by atoms with van der Waals surface area (Å²) in [6.45, 7) is 4.58. The van der Waals surface area contributed by atoms with Crippen LogP contribution in [-0.4, -0.2) is 17.3 Å². The van der Waals surface area contributed by atoms with E-state index in [1.807, 2.05) is 11.3 Å². The second-order valence-corrected chi connectivity index (χ2v) is 7.46. The van der Waals surface area contributed by atoms with Crippen LogP contribution >= 0.6 is 49.2 Å². The molecule has 0 unspecified atom stereocenters. The summed E-state index contributed by atoms with van der Waals surface area (Å²) in [4.78, 5) is 3.11. The lowest BCUT2D eigenvalue weighted by molar-refractivity contribution is 0.650. The van der Waals surface area contributed by atoms with Crippen molar-refractivity contribution < 1.29 is 0 Å². The number of aryl methyl sites for hydroxylation is 1. The Bertz CT molecular complexity index is 355. The summed E-state index contributed by atoms with van der Waals surface area (Å²) < 4.78 is 0. The van der Waals surface area contributed by atoms with Crippen LogP contribution in [0.1, 0.15) is 34.7 Å². The standard InChI is InChI=1S/C14H24S4/c1-10(2)9-14-12(4-7-16)11(3-6-15)13(18-14)5-8-17/h10,15-17H,3-9H2,1-2H3. The lowest BCUT2D eigenvalue weighted by Crippen LogP contribution is -2.01. The van der Waals surface area contributed by atoms with E-state index in [1.54, 1.807) is 16.0 Å². The molecule has 1 aromatic rings. The molecule has 0 aliphatic carbocycles. The van der Waals surface area contributed by atoms with E-state index in [9.17, 15) is 0 Å². The number of thiophene rings is 1. The van der Waals surface area contributed by atoms with Crippen LogP contribution in [0.25, 0.3) is 0 Å². The molecule has 0 nitrogen and oxygen atoms in total. The van der Waals surface area contributed by atoms with Crippen LogP contribution < -0.4 is 0 Å². The Hall–Kier alpha value is 0.750. The lowest BCUT2D eigenvalue weighted by atomic mass is 9.99. The van der Waals surface area contributed by atoms with Crippen molar-refractivity contribution in [1.82, 2.24) is 0 Å². The summed E-state index contributed by atoms with van der Waals surface area (Å²) in [5.41, 5.74) is 3.11. The Balaban J connectivity index is 3.10. The number of hydrogen-bond acceptors (Lipinski definition) is 4. The van der Waals surface area contributed by atoms with E-state index in [2.05, 4.69) is 51.7 Å². The summed E-state index contributed by atoms with van der Waals surface area (Å²) in [5.74, 6) is 3.51. The molecule has 1 heterocycles. The van der Waals surface area contributed by atoms with Gasteiger partial charge in [0.2, 0.25) is 0 Å². The van der Waals surface area contributed by atoms with Gasteiger partial charge in [-0.05, 0) is 60.0 Å². The third-order valence-electron chi connectivity index (χ3n) is 2.94. The van der Waals surface area contributed by atoms with Gasteiger partial charge in [0, 0.05) is 9.75 Å². The molecule has 0 aromatic carbocycles. The fourth-order valence-electron chi connectivity index (χ4n) is 2.25. The largest absolute Gasteiger partial charge is 0.179 e. The molecule has 0 fully saturated rings. The van der Waals surface area contributed by atoms with Crippen LogP contribution in [0.15, 0.2) is 0 Å². The molecule has 1 rings (SSSR count). The van der Waals surface area contributed by atoms with Crippen LogP contribution in [0, 0.1) is 5.92 Å². The molecular weight excluding hydrogens is 296 g/mol. The summed E-state index contributed by atoms with van der Waals surface area (Å²) in [5, 5.41) is 0.